The van der Waals surface area contributed by atoms with Crippen molar-refractivity contribution in [2.45, 2.75) is 30.9 Å². The lowest BCUT2D eigenvalue weighted by atomic mass is 9.74. The van der Waals surface area contributed by atoms with Crippen LogP contribution in [0.2, 0.25) is 5.02 Å². The summed E-state index contributed by atoms with van der Waals surface area (Å²) in [6, 6.07) is 13.8. The molecule has 2 N–H and O–H groups in total. The molecule has 0 saturated carbocycles. The van der Waals surface area contributed by atoms with Gasteiger partial charge in [0.05, 0.1) is 5.02 Å². The second-order valence-electron chi connectivity index (χ2n) is 8.83. The molecule has 0 aliphatic carbocycles. The molecule has 3 aromatic rings. The summed E-state index contributed by atoms with van der Waals surface area (Å²) in [5, 5.41) is 0.512. The predicted octanol–water partition coefficient (Wildman–Crippen LogP) is 4.31. The van der Waals surface area contributed by atoms with Gasteiger partial charge >= 0.3 is 0 Å². The molecule has 0 fully saturated rings. The Morgan fingerprint density at radius 2 is 2.00 bits per heavy atom. The smallest absolute Gasteiger partial charge is 0.261 e. The quantitative estimate of drug-likeness (QED) is 0.626. The zero-order valence-electron chi connectivity index (χ0n) is 18.2. The van der Waals surface area contributed by atoms with Crippen molar-refractivity contribution in [3.63, 3.8) is 0 Å². The van der Waals surface area contributed by atoms with Crippen molar-refractivity contribution in [3.05, 3.63) is 82.9 Å². The van der Waals surface area contributed by atoms with E-state index in [0.29, 0.717) is 22.8 Å². The Morgan fingerprint density at radius 1 is 1.18 bits per heavy atom. The fraction of sp³-hybridized carbons (Fsp3) is 0.240. The van der Waals surface area contributed by atoms with E-state index in [9.17, 15) is 9.18 Å². The van der Waals surface area contributed by atoms with Crippen LogP contribution in [0.3, 0.4) is 0 Å². The first kappa shape index (κ1) is 21.4. The summed E-state index contributed by atoms with van der Waals surface area (Å²) in [4.78, 5) is 23.7. The molecule has 0 saturated heterocycles. The predicted molar refractivity (Wildman–Crippen MR) is 125 cm³/mol. The zero-order chi connectivity index (χ0) is 23.4. The highest BCUT2D eigenvalue weighted by Crippen LogP contribution is 2.50. The van der Waals surface area contributed by atoms with Crippen LogP contribution in [0.4, 0.5) is 4.39 Å². The number of hydrogen-bond acceptors (Lipinski definition) is 5. The molecule has 2 aliphatic heterocycles. The van der Waals surface area contributed by atoms with Crippen LogP contribution in [0.15, 0.2) is 65.9 Å². The highest BCUT2D eigenvalue weighted by molar-refractivity contribution is 6.30. The number of carbonyl (C=O) groups is 1. The molecule has 1 spiro atoms. The summed E-state index contributed by atoms with van der Waals surface area (Å²) < 4.78 is 20.3. The Morgan fingerprint density at radius 3 is 2.70 bits per heavy atom. The van der Waals surface area contributed by atoms with Crippen LogP contribution >= 0.6 is 11.6 Å². The molecular weight excluding hydrogens is 443 g/mol. The van der Waals surface area contributed by atoms with Crippen LogP contribution in [-0.2, 0) is 16.8 Å². The molecule has 2 aromatic carbocycles. The molecular formula is C25H22ClFN4O2. The van der Waals surface area contributed by atoms with Gasteiger partial charge in [0, 0.05) is 43.4 Å². The van der Waals surface area contributed by atoms with E-state index >= 15 is 0 Å². The maximum atomic E-state index is 13.8. The summed E-state index contributed by atoms with van der Waals surface area (Å²) in [6.07, 6.45) is 3.92. The Kier molecular flexibility index (Phi) is 4.90. The number of ether oxygens (including phenoxy) is 1. The number of hydrogen-bond donors (Lipinski definition) is 1. The molecule has 168 valence electrons. The molecule has 1 unspecified atom stereocenters. The molecule has 2 aliphatic rings. The lowest BCUT2D eigenvalue weighted by molar-refractivity contribution is -0.133. The SMILES string of the molecule is CN1C(=O)C2(C[C@@](C)(Cc3cccc(F)c3)Oc3ccc(-c4cncc(Cl)c4)cc32)N=C1N. The largest absolute Gasteiger partial charge is 0.487 e. The van der Waals surface area contributed by atoms with E-state index in [4.69, 9.17) is 22.1 Å². The standard InChI is InChI=1S/C25H22ClFN4O2/c1-24(11-15-4-3-5-19(27)8-15)14-25(22(32)31(2)23(28)30-25)20-10-16(6-7-21(20)33-24)17-9-18(26)13-29-12-17/h3-10,12-13H,11,14H2,1-2H3,(H2,28,30)/t24-,25?/m1/s1. The van der Waals surface area contributed by atoms with Crippen molar-refractivity contribution < 1.29 is 13.9 Å². The van der Waals surface area contributed by atoms with Crippen molar-refractivity contribution in [2.75, 3.05) is 7.05 Å². The number of pyridine rings is 1. The molecule has 2 atom stereocenters. The number of benzene rings is 2. The number of rotatable bonds is 3. The van der Waals surface area contributed by atoms with E-state index in [1.54, 1.807) is 31.6 Å². The zero-order valence-corrected chi connectivity index (χ0v) is 18.9. The molecule has 8 heteroatoms. The van der Waals surface area contributed by atoms with Crippen LogP contribution < -0.4 is 10.5 Å². The topological polar surface area (TPSA) is 80.8 Å². The number of carbonyl (C=O) groups excluding carboxylic acids is 1. The third-order valence-corrected chi connectivity index (χ3v) is 6.43. The molecule has 1 aromatic heterocycles. The average Bonchev–Trinajstić information content (AvgIpc) is 2.97. The second-order valence-corrected chi connectivity index (χ2v) is 9.27. The second kappa shape index (κ2) is 7.56. The van der Waals surface area contributed by atoms with Gasteiger partial charge in [0.25, 0.3) is 5.91 Å². The van der Waals surface area contributed by atoms with Crippen molar-refractivity contribution >= 4 is 23.5 Å². The van der Waals surface area contributed by atoms with Crippen LogP contribution in [0.25, 0.3) is 11.1 Å². The minimum absolute atomic E-state index is 0.149. The van der Waals surface area contributed by atoms with Gasteiger partial charge in [0.1, 0.15) is 17.2 Å². The Balaban J connectivity index is 1.64. The van der Waals surface area contributed by atoms with Crippen molar-refractivity contribution in [1.82, 2.24) is 9.88 Å². The van der Waals surface area contributed by atoms with Crippen molar-refractivity contribution in [1.29, 1.82) is 0 Å². The van der Waals surface area contributed by atoms with E-state index in [2.05, 4.69) is 9.98 Å². The first-order chi connectivity index (χ1) is 15.7. The number of aliphatic imine (C=N–C) groups is 1. The van der Waals surface area contributed by atoms with Gasteiger partial charge in [-0.05, 0) is 48.4 Å². The lowest BCUT2D eigenvalue weighted by Crippen LogP contribution is -2.51. The van der Waals surface area contributed by atoms with E-state index < -0.39 is 11.1 Å². The van der Waals surface area contributed by atoms with Crippen molar-refractivity contribution in [2.24, 2.45) is 10.7 Å². The number of halogens is 2. The van der Waals surface area contributed by atoms with E-state index in [-0.39, 0.29) is 24.1 Å². The summed E-state index contributed by atoms with van der Waals surface area (Å²) in [5.41, 5.74) is 7.09. The Labute approximate surface area is 195 Å². The number of nitrogens with zero attached hydrogens (tertiary/aromatic N) is 3. The minimum atomic E-state index is -1.24. The summed E-state index contributed by atoms with van der Waals surface area (Å²) in [5.74, 6) is 0.145. The normalized spacial score (nSPS) is 23.9. The highest BCUT2D eigenvalue weighted by atomic mass is 35.5. The summed E-state index contributed by atoms with van der Waals surface area (Å²) in [6.45, 7) is 1.91. The van der Waals surface area contributed by atoms with Crippen LogP contribution in [0.1, 0.15) is 24.5 Å². The monoisotopic (exact) mass is 464 g/mol. The maximum absolute atomic E-state index is 13.8. The van der Waals surface area contributed by atoms with Crippen LogP contribution in [-0.4, -0.2) is 34.4 Å². The Hall–Kier alpha value is -3.45. The van der Waals surface area contributed by atoms with Crippen molar-refractivity contribution in [3.8, 4) is 16.9 Å². The third-order valence-electron chi connectivity index (χ3n) is 6.22. The van der Waals surface area contributed by atoms with Gasteiger partial charge in [0.2, 0.25) is 0 Å². The molecule has 0 radical (unpaired) electrons. The van der Waals surface area contributed by atoms with Gasteiger partial charge in [-0.1, -0.05) is 29.8 Å². The summed E-state index contributed by atoms with van der Waals surface area (Å²) >= 11 is 6.13. The van der Waals surface area contributed by atoms with Crippen LogP contribution in [0, 0.1) is 5.82 Å². The lowest BCUT2D eigenvalue weighted by Gasteiger charge is -2.43. The van der Waals surface area contributed by atoms with E-state index in [1.165, 1.54) is 17.0 Å². The number of likely N-dealkylation sites (N-methyl/N-ethyl adjacent to an activating group) is 1. The van der Waals surface area contributed by atoms with Crippen LogP contribution in [0.5, 0.6) is 5.75 Å². The van der Waals surface area contributed by atoms with Gasteiger partial charge in [-0.2, -0.15) is 0 Å². The fourth-order valence-electron chi connectivity index (χ4n) is 4.80. The minimum Gasteiger partial charge on any atom is -0.487 e. The van der Waals surface area contributed by atoms with Gasteiger partial charge in [-0.15, -0.1) is 0 Å². The molecule has 3 heterocycles. The maximum Gasteiger partial charge on any atom is 0.261 e. The van der Waals surface area contributed by atoms with E-state index in [1.807, 2.05) is 31.2 Å². The molecule has 5 rings (SSSR count). The molecule has 6 nitrogen and oxygen atoms in total. The summed E-state index contributed by atoms with van der Waals surface area (Å²) in [7, 11) is 1.61. The first-order valence-corrected chi connectivity index (χ1v) is 10.9. The third kappa shape index (κ3) is 3.62. The number of fused-ring (bicyclic) bond motifs is 2. The Bertz CT molecular complexity index is 1310. The fourth-order valence-corrected chi connectivity index (χ4v) is 4.97. The average molecular weight is 465 g/mol. The molecule has 0 bridgehead atoms. The van der Waals surface area contributed by atoms with Gasteiger partial charge in [-0.3, -0.25) is 14.7 Å². The first-order valence-electron chi connectivity index (χ1n) is 10.5. The van der Waals surface area contributed by atoms with E-state index in [0.717, 1.165) is 16.7 Å². The number of amides is 1. The van der Waals surface area contributed by atoms with Gasteiger partial charge in [0.15, 0.2) is 11.5 Å². The molecule has 33 heavy (non-hydrogen) atoms. The number of guanidine groups is 1. The number of nitrogens with two attached hydrogens (primary N) is 1. The number of aromatic nitrogens is 1. The highest BCUT2D eigenvalue weighted by Gasteiger charge is 2.56. The van der Waals surface area contributed by atoms with Gasteiger partial charge < -0.3 is 10.5 Å². The van der Waals surface area contributed by atoms with Gasteiger partial charge in [-0.25, -0.2) is 9.38 Å². The molecule has 1 amide bonds.